The van der Waals surface area contributed by atoms with Gasteiger partial charge in [-0.3, -0.25) is 14.9 Å². The minimum absolute atomic E-state index is 0. The molecule has 110 valence electrons. The Morgan fingerprint density at radius 1 is 1.40 bits per heavy atom. The highest BCUT2D eigenvalue weighted by molar-refractivity contribution is 5.92. The Bertz CT molecular complexity index is 533. The summed E-state index contributed by atoms with van der Waals surface area (Å²) in [6.45, 7) is 1.30. The summed E-state index contributed by atoms with van der Waals surface area (Å²) in [5.74, 6) is 0.159. The Morgan fingerprint density at radius 2 is 2.15 bits per heavy atom. The van der Waals surface area contributed by atoms with Crippen LogP contribution in [0.5, 0.6) is 0 Å². The average Bonchev–Trinajstić information content (AvgIpc) is 3.05. The normalized spacial score (nSPS) is 28.1. The maximum absolute atomic E-state index is 12.2. The van der Waals surface area contributed by atoms with Crippen LogP contribution in [0.2, 0.25) is 0 Å². The molecule has 7 nitrogen and oxygen atoms in total. The van der Waals surface area contributed by atoms with E-state index in [-0.39, 0.29) is 30.1 Å². The summed E-state index contributed by atoms with van der Waals surface area (Å²) in [7, 11) is 0. The summed E-state index contributed by atoms with van der Waals surface area (Å²) in [5.41, 5.74) is 6.01. The van der Waals surface area contributed by atoms with Crippen molar-refractivity contribution in [1.29, 1.82) is 0 Å². The van der Waals surface area contributed by atoms with E-state index in [0.717, 1.165) is 12.8 Å². The van der Waals surface area contributed by atoms with Crippen molar-refractivity contribution in [3.63, 3.8) is 0 Å². The van der Waals surface area contributed by atoms with Crippen LogP contribution in [0.3, 0.4) is 0 Å². The van der Waals surface area contributed by atoms with Crippen LogP contribution in [0.1, 0.15) is 23.4 Å². The van der Waals surface area contributed by atoms with Crippen molar-refractivity contribution in [3.8, 4) is 0 Å². The van der Waals surface area contributed by atoms with E-state index in [1.165, 1.54) is 12.1 Å². The van der Waals surface area contributed by atoms with Gasteiger partial charge in [-0.2, -0.15) is 0 Å². The molecule has 2 fully saturated rings. The molecule has 0 spiro atoms. The number of halogens is 1. The van der Waals surface area contributed by atoms with Crippen LogP contribution in [0.15, 0.2) is 16.5 Å². The summed E-state index contributed by atoms with van der Waals surface area (Å²) in [6, 6.07) is 2.72. The molecule has 1 aromatic rings. The third kappa shape index (κ3) is 2.38. The number of fused-ring (bicyclic) bond motifs is 1. The Morgan fingerprint density at radius 3 is 2.75 bits per heavy atom. The van der Waals surface area contributed by atoms with Crippen molar-refractivity contribution < 1.29 is 14.1 Å². The molecule has 3 rings (SSSR count). The lowest BCUT2D eigenvalue weighted by Crippen LogP contribution is -2.33. The second-order valence-electron chi connectivity index (χ2n) is 5.27. The highest BCUT2D eigenvalue weighted by atomic mass is 35.5. The highest BCUT2D eigenvalue weighted by Gasteiger charge is 2.43. The number of carbonyl (C=O) groups excluding carboxylic acids is 1. The predicted molar refractivity (Wildman–Crippen MR) is 72.7 cm³/mol. The van der Waals surface area contributed by atoms with Crippen molar-refractivity contribution in [1.82, 2.24) is 4.90 Å². The van der Waals surface area contributed by atoms with Crippen molar-refractivity contribution in [2.45, 2.75) is 18.9 Å². The number of likely N-dealkylation sites (tertiary alicyclic amines) is 1. The Labute approximate surface area is 121 Å². The van der Waals surface area contributed by atoms with Gasteiger partial charge in [0.15, 0.2) is 5.76 Å². The number of nitro groups is 1. The molecule has 1 saturated heterocycles. The molecule has 2 aliphatic rings. The number of hydrogen-bond donors (Lipinski definition) is 1. The molecule has 1 saturated carbocycles. The molecule has 2 N–H and O–H groups in total. The molecule has 0 radical (unpaired) electrons. The van der Waals surface area contributed by atoms with Gasteiger partial charge in [0.25, 0.3) is 5.91 Å². The van der Waals surface area contributed by atoms with Gasteiger partial charge in [0.2, 0.25) is 0 Å². The van der Waals surface area contributed by atoms with E-state index in [1.54, 1.807) is 4.90 Å². The lowest BCUT2D eigenvalue weighted by molar-refractivity contribution is -0.402. The largest absolute Gasteiger partial charge is 0.433 e. The molecular formula is C12H16ClN3O4. The van der Waals surface area contributed by atoms with E-state index in [9.17, 15) is 14.9 Å². The quantitative estimate of drug-likeness (QED) is 0.657. The van der Waals surface area contributed by atoms with E-state index in [0.29, 0.717) is 24.9 Å². The van der Waals surface area contributed by atoms with Crippen LogP contribution in [-0.4, -0.2) is 34.9 Å². The van der Waals surface area contributed by atoms with Gasteiger partial charge in [0, 0.05) is 19.1 Å². The molecule has 3 atom stereocenters. The topological polar surface area (TPSA) is 103 Å². The average molecular weight is 302 g/mol. The molecule has 1 aliphatic carbocycles. The first-order valence-corrected chi connectivity index (χ1v) is 6.35. The lowest BCUT2D eigenvalue weighted by Gasteiger charge is -2.17. The minimum Gasteiger partial charge on any atom is -0.395 e. The number of nitrogens with two attached hydrogens (primary N) is 1. The molecule has 0 bridgehead atoms. The van der Waals surface area contributed by atoms with E-state index in [1.807, 2.05) is 0 Å². The van der Waals surface area contributed by atoms with E-state index in [2.05, 4.69) is 0 Å². The van der Waals surface area contributed by atoms with Crippen LogP contribution in [0, 0.1) is 22.0 Å². The SMILES string of the molecule is Cl.NC1CCC2CN(C(=O)c3ccc([N+](=O)[O-])o3)CC12. The first-order chi connectivity index (χ1) is 9.06. The van der Waals surface area contributed by atoms with Crippen molar-refractivity contribution in [2.24, 2.45) is 17.6 Å². The third-order valence-electron chi connectivity index (χ3n) is 4.18. The summed E-state index contributed by atoms with van der Waals surface area (Å²) < 4.78 is 4.95. The highest BCUT2D eigenvalue weighted by Crippen LogP contribution is 2.37. The smallest absolute Gasteiger partial charge is 0.395 e. The Balaban J connectivity index is 0.00000147. The van der Waals surface area contributed by atoms with Crippen LogP contribution < -0.4 is 5.73 Å². The zero-order valence-electron chi connectivity index (χ0n) is 10.7. The minimum atomic E-state index is -0.647. The first-order valence-electron chi connectivity index (χ1n) is 6.35. The fraction of sp³-hybridized carbons (Fsp3) is 0.583. The zero-order chi connectivity index (χ0) is 13.6. The monoisotopic (exact) mass is 301 g/mol. The Hall–Kier alpha value is -1.60. The lowest BCUT2D eigenvalue weighted by atomic mass is 9.98. The van der Waals surface area contributed by atoms with E-state index in [4.69, 9.17) is 10.2 Å². The molecule has 1 aromatic heterocycles. The molecule has 20 heavy (non-hydrogen) atoms. The predicted octanol–water partition coefficient (Wildman–Crippen LogP) is 1.42. The number of nitrogens with zero attached hydrogens (tertiary/aromatic N) is 2. The zero-order valence-corrected chi connectivity index (χ0v) is 11.5. The second kappa shape index (κ2) is 5.41. The second-order valence-corrected chi connectivity index (χ2v) is 5.27. The van der Waals surface area contributed by atoms with Gasteiger partial charge in [0.1, 0.15) is 4.92 Å². The van der Waals surface area contributed by atoms with Gasteiger partial charge < -0.3 is 15.1 Å². The molecular weight excluding hydrogens is 286 g/mol. The van der Waals surface area contributed by atoms with Crippen LogP contribution >= 0.6 is 12.4 Å². The summed E-state index contributed by atoms with van der Waals surface area (Å²) in [4.78, 5) is 23.8. The van der Waals surface area contributed by atoms with E-state index >= 15 is 0 Å². The van der Waals surface area contributed by atoms with Crippen molar-refractivity contribution >= 4 is 24.2 Å². The number of furan rings is 1. The van der Waals surface area contributed by atoms with Gasteiger partial charge in [-0.1, -0.05) is 0 Å². The summed E-state index contributed by atoms with van der Waals surface area (Å²) in [5, 5.41) is 10.5. The van der Waals surface area contributed by atoms with Gasteiger partial charge in [-0.15, -0.1) is 12.4 Å². The third-order valence-corrected chi connectivity index (χ3v) is 4.18. The van der Waals surface area contributed by atoms with Crippen LogP contribution in [-0.2, 0) is 0 Å². The molecule has 2 heterocycles. The molecule has 1 amide bonds. The van der Waals surface area contributed by atoms with Gasteiger partial charge in [-0.25, -0.2) is 0 Å². The summed E-state index contributed by atoms with van der Waals surface area (Å²) >= 11 is 0. The fourth-order valence-corrected chi connectivity index (χ4v) is 3.17. The number of amides is 1. The van der Waals surface area contributed by atoms with Crippen LogP contribution in [0.4, 0.5) is 5.88 Å². The van der Waals surface area contributed by atoms with Gasteiger partial charge in [-0.05, 0) is 30.7 Å². The first kappa shape index (κ1) is 14.8. The van der Waals surface area contributed by atoms with Crippen molar-refractivity contribution in [2.75, 3.05) is 13.1 Å². The van der Waals surface area contributed by atoms with Crippen molar-refractivity contribution in [3.05, 3.63) is 28.0 Å². The molecule has 3 unspecified atom stereocenters. The number of carbonyl (C=O) groups is 1. The van der Waals surface area contributed by atoms with Crippen LogP contribution in [0.25, 0.3) is 0 Å². The van der Waals surface area contributed by atoms with E-state index < -0.39 is 10.8 Å². The number of rotatable bonds is 2. The number of hydrogen-bond acceptors (Lipinski definition) is 5. The standard InChI is InChI=1S/C12H15N3O4.ClH/c13-9-2-1-7-5-14(6-8(7)9)12(16)10-3-4-11(19-10)15(17)18;/h3-4,7-9H,1-2,5-6,13H2;1H. The molecule has 1 aliphatic heterocycles. The molecule has 8 heteroatoms. The summed E-state index contributed by atoms with van der Waals surface area (Å²) in [6.07, 6.45) is 2.07. The fourth-order valence-electron chi connectivity index (χ4n) is 3.17. The Kier molecular flexibility index (Phi) is 4.01. The maximum Gasteiger partial charge on any atom is 0.433 e. The maximum atomic E-state index is 12.2. The van der Waals surface area contributed by atoms with Gasteiger partial charge >= 0.3 is 5.88 Å². The molecule has 0 aromatic carbocycles. The van der Waals surface area contributed by atoms with Gasteiger partial charge in [0.05, 0.1) is 6.07 Å².